The van der Waals surface area contributed by atoms with Crippen molar-refractivity contribution in [3.05, 3.63) is 71.0 Å². The van der Waals surface area contributed by atoms with Gasteiger partial charge < -0.3 is 4.74 Å². The Bertz CT molecular complexity index is 1110. The number of carbonyl (C=O) groups excluding carboxylic acids is 1. The molecule has 0 radical (unpaired) electrons. The molecule has 8 heteroatoms. The van der Waals surface area contributed by atoms with Gasteiger partial charge in [0.15, 0.2) is 5.84 Å². The third-order valence-corrected chi connectivity index (χ3v) is 5.45. The molecule has 0 fully saturated rings. The van der Waals surface area contributed by atoms with Crippen molar-refractivity contribution in [1.82, 2.24) is 5.01 Å². The minimum atomic E-state index is -0.468. The van der Waals surface area contributed by atoms with Crippen molar-refractivity contribution in [3.63, 3.8) is 0 Å². The number of nitrogens with zero attached hydrogens (tertiary/aromatic N) is 3. The zero-order valence-electron chi connectivity index (χ0n) is 16.3. The summed E-state index contributed by atoms with van der Waals surface area (Å²) in [4.78, 5) is 16.6. The Balaban J connectivity index is 1.53. The Morgan fingerprint density at radius 1 is 1.23 bits per heavy atom. The predicted octanol–water partition coefficient (Wildman–Crippen LogP) is 4.82. The van der Waals surface area contributed by atoms with E-state index in [-0.39, 0.29) is 23.8 Å². The second-order valence-electron chi connectivity index (χ2n) is 6.72. The summed E-state index contributed by atoms with van der Waals surface area (Å²) in [6.45, 7) is 2.14. The number of amides is 1. The topological polar surface area (TPSA) is 78.1 Å². The minimum Gasteiger partial charge on any atom is -0.489 e. The van der Waals surface area contributed by atoms with Gasteiger partial charge in [0.25, 0.3) is 5.91 Å². The standard InChI is InChI=1S/C22H19FN4O2S/c1-2-6-19-26-27-20(24)17(21(28)25-22(27)30-19)12-14-7-5-9-16(11-14)29-13-15-8-3-4-10-18(15)23/h3-5,7-12,24H,2,6,13H2,1H3/b17-12-,24-20?. The molecular formula is C22H19FN4O2S. The van der Waals surface area contributed by atoms with Crippen LogP contribution in [0.5, 0.6) is 5.75 Å². The van der Waals surface area contributed by atoms with Gasteiger partial charge in [-0.25, -0.2) is 4.39 Å². The SMILES string of the molecule is CCCC1=NN2C(=N)/C(=C/c3cccc(OCc4ccccc4F)c3)C(=O)N=C2S1. The highest BCUT2D eigenvalue weighted by Crippen LogP contribution is 2.30. The number of amidine groups is 2. The molecule has 1 N–H and O–H groups in total. The van der Waals surface area contributed by atoms with Gasteiger partial charge in [-0.2, -0.15) is 15.1 Å². The van der Waals surface area contributed by atoms with E-state index in [1.54, 1.807) is 48.5 Å². The van der Waals surface area contributed by atoms with Gasteiger partial charge in [-0.05, 0) is 54.4 Å². The van der Waals surface area contributed by atoms with Gasteiger partial charge >= 0.3 is 0 Å². The average molecular weight is 422 g/mol. The first-order chi connectivity index (χ1) is 14.5. The van der Waals surface area contributed by atoms with Crippen LogP contribution in [-0.4, -0.2) is 27.0 Å². The lowest BCUT2D eigenvalue weighted by Crippen LogP contribution is -2.35. The van der Waals surface area contributed by atoms with Crippen LogP contribution in [0, 0.1) is 11.2 Å². The zero-order valence-corrected chi connectivity index (χ0v) is 17.1. The first kappa shape index (κ1) is 20.0. The largest absolute Gasteiger partial charge is 0.489 e. The summed E-state index contributed by atoms with van der Waals surface area (Å²) in [6, 6.07) is 13.5. The molecule has 30 heavy (non-hydrogen) atoms. The fraction of sp³-hybridized carbons (Fsp3) is 0.182. The molecule has 2 aliphatic rings. The van der Waals surface area contributed by atoms with Gasteiger partial charge in [0, 0.05) is 5.56 Å². The zero-order chi connectivity index (χ0) is 21.1. The summed E-state index contributed by atoms with van der Waals surface area (Å²) >= 11 is 1.33. The number of thioether (sulfide) groups is 1. The molecule has 2 aliphatic heterocycles. The predicted molar refractivity (Wildman–Crippen MR) is 117 cm³/mol. The van der Waals surface area contributed by atoms with Crippen molar-refractivity contribution >= 4 is 39.8 Å². The van der Waals surface area contributed by atoms with Gasteiger partial charge in [-0.1, -0.05) is 37.3 Å². The van der Waals surface area contributed by atoms with Crippen LogP contribution in [0.2, 0.25) is 0 Å². The molecule has 0 saturated carbocycles. The van der Waals surface area contributed by atoms with Gasteiger partial charge in [0.1, 0.15) is 23.2 Å². The van der Waals surface area contributed by atoms with E-state index in [4.69, 9.17) is 10.1 Å². The lowest BCUT2D eigenvalue weighted by Gasteiger charge is -2.20. The molecular weight excluding hydrogens is 403 g/mol. The van der Waals surface area contributed by atoms with E-state index in [1.807, 2.05) is 6.92 Å². The number of ether oxygens (including phenoxy) is 1. The van der Waals surface area contributed by atoms with E-state index in [0.717, 1.165) is 17.9 Å². The van der Waals surface area contributed by atoms with Crippen LogP contribution in [0.3, 0.4) is 0 Å². The van der Waals surface area contributed by atoms with Gasteiger partial charge in [0.05, 0.1) is 5.57 Å². The second-order valence-corrected chi connectivity index (χ2v) is 7.76. The highest BCUT2D eigenvalue weighted by molar-refractivity contribution is 8.26. The van der Waals surface area contributed by atoms with Gasteiger partial charge in [-0.3, -0.25) is 10.2 Å². The first-order valence-electron chi connectivity index (χ1n) is 9.50. The molecule has 2 aromatic carbocycles. The Hall–Kier alpha value is -3.26. The van der Waals surface area contributed by atoms with Gasteiger partial charge in [-0.15, -0.1) is 0 Å². The van der Waals surface area contributed by atoms with E-state index in [1.165, 1.54) is 22.8 Å². The number of hydrogen-bond donors (Lipinski definition) is 1. The molecule has 0 saturated heterocycles. The van der Waals surface area contributed by atoms with Crippen molar-refractivity contribution in [2.45, 2.75) is 26.4 Å². The van der Waals surface area contributed by atoms with Crippen LogP contribution in [0.1, 0.15) is 30.9 Å². The quantitative estimate of drug-likeness (QED) is 0.677. The van der Waals surface area contributed by atoms with Crippen LogP contribution < -0.4 is 4.74 Å². The number of rotatable bonds is 6. The lowest BCUT2D eigenvalue weighted by atomic mass is 10.1. The van der Waals surface area contributed by atoms with E-state index in [2.05, 4.69) is 10.1 Å². The molecule has 4 rings (SSSR count). The lowest BCUT2D eigenvalue weighted by molar-refractivity contribution is -0.114. The number of carbonyl (C=O) groups is 1. The Labute approximate surface area is 177 Å². The third kappa shape index (κ3) is 4.18. The van der Waals surface area contributed by atoms with Crippen molar-refractivity contribution < 1.29 is 13.9 Å². The molecule has 0 atom stereocenters. The van der Waals surface area contributed by atoms with Gasteiger partial charge in [0.2, 0.25) is 5.17 Å². The summed E-state index contributed by atoms with van der Waals surface area (Å²) in [5, 5.41) is 15.5. The third-order valence-electron chi connectivity index (χ3n) is 4.48. The molecule has 152 valence electrons. The Kier molecular flexibility index (Phi) is 5.76. The van der Waals surface area contributed by atoms with Crippen LogP contribution in [0.15, 0.2) is 64.2 Å². The summed E-state index contributed by atoms with van der Waals surface area (Å²) in [5.74, 6) is -0.255. The summed E-state index contributed by atoms with van der Waals surface area (Å²) in [7, 11) is 0. The maximum absolute atomic E-state index is 13.8. The number of hydrazone groups is 1. The normalized spacial score (nSPS) is 17.1. The molecule has 2 heterocycles. The van der Waals surface area contributed by atoms with Crippen molar-refractivity contribution in [3.8, 4) is 5.75 Å². The number of halogens is 1. The van der Waals surface area contributed by atoms with E-state index in [0.29, 0.717) is 22.0 Å². The average Bonchev–Trinajstić information content (AvgIpc) is 3.14. The second kappa shape index (κ2) is 8.62. The number of nitrogens with one attached hydrogen (secondary N) is 1. The minimum absolute atomic E-state index is 0.00119. The van der Waals surface area contributed by atoms with E-state index >= 15 is 0 Å². The summed E-state index contributed by atoms with van der Waals surface area (Å²) in [6.07, 6.45) is 3.30. The molecule has 0 aromatic heterocycles. The van der Waals surface area contributed by atoms with Crippen molar-refractivity contribution in [1.29, 1.82) is 5.41 Å². The Morgan fingerprint density at radius 2 is 2.07 bits per heavy atom. The van der Waals surface area contributed by atoms with E-state index < -0.39 is 5.91 Å². The highest BCUT2D eigenvalue weighted by Gasteiger charge is 2.35. The maximum Gasteiger partial charge on any atom is 0.283 e. The molecule has 0 spiro atoms. The van der Waals surface area contributed by atoms with E-state index in [9.17, 15) is 9.18 Å². The van der Waals surface area contributed by atoms with Crippen molar-refractivity contribution in [2.75, 3.05) is 0 Å². The molecule has 0 unspecified atom stereocenters. The van der Waals surface area contributed by atoms with Crippen LogP contribution in [0.4, 0.5) is 4.39 Å². The molecule has 0 bridgehead atoms. The Morgan fingerprint density at radius 3 is 2.87 bits per heavy atom. The van der Waals surface area contributed by atoms with Crippen LogP contribution >= 0.6 is 11.8 Å². The number of benzene rings is 2. The highest BCUT2D eigenvalue weighted by atomic mass is 32.2. The summed E-state index contributed by atoms with van der Waals surface area (Å²) < 4.78 is 19.5. The molecule has 6 nitrogen and oxygen atoms in total. The van der Waals surface area contributed by atoms with Crippen molar-refractivity contribution in [2.24, 2.45) is 10.1 Å². The molecule has 2 aromatic rings. The fourth-order valence-electron chi connectivity index (χ4n) is 2.98. The number of aliphatic imine (C=N–C) groups is 1. The smallest absolute Gasteiger partial charge is 0.283 e. The monoisotopic (exact) mass is 422 g/mol. The number of hydrogen-bond acceptors (Lipinski definition) is 5. The van der Waals surface area contributed by atoms with Crippen LogP contribution in [0.25, 0.3) is 6.08 Å². The molecule has 1 amide bonds. The first-order valence-corrected chi connectivity index (χ1v) is 10.3. The maximum atomic E-state index is 13.8. The van der Waals surface area contributed by atoms with Crippen LogP contribution in [-0.2, 0) is 11.4 Å². The molecule has 0 aliphatic carbocycles. The fourth-order valence-corrected chi connectivity index (χ4v) is 3.97. The number of fused-ring (bicyclic) bond motifs is 1. The summed E-state index contributed by atoms with van der Waals surface area (Å²) in [5.41, 5.74) is 1.30.